The number of benzene rings is 1. The monoisotopic (exact) mass is 489 g/mol. The van der Waals surface area contributed by atoms with Crippen molar-refractivity contribution in [2.24, 2.45) is 11.1 Å². The summed E-state index contributed by atoms with van der Waals surface area (Å²) >= 11 is 0. The number of aromatic nitrogens is 3. The zero-order chi connectivity index (χ0) is 25.0. The van der Waals surface area contributed by atoms with Crippen molar-refractivity contribution in [1.82, 2.24) is 20.3 Å². The van der Waals surface area contributed by atoms with Gasteiger partial charge in [-0.25, -0.2) is 4.39 Å². The van der Waals surface area contributed by atoms with Crippen LogP contribution in [-0.4, -0.2) is 53.6 Å². The number of pyridine rings is 1. The van der Waals surface area contributed by atoms with Gasteiger partial charge < -0.3 is 26.0 Å². The second-order valence-corrected chi connectivity index (χ2v) is 9.86. The van der Waals surface area contributed by atoms with E-state index in [1.807, 2.05) is 19.1 Å². The van der Waals surface area contributed by atoms with Gasteiger partial charge in [0, 0.05) is 48.9 Å². The number of ether oxygens (including phenoxy) is 1. The first-order valence-electron chi connectivity index (χ1n) is 12.2. The van der Waals surface area contributed by atoms with E-state index in [0.717, 1.165) is 53.2 Å². The summed E-state index contributed by atoms with van der Waals surface area (Å²) in [4.78, 5) is 28.2. The van der Waals surface area contributed by atoms with Crippen LogP contribution in [0.4, 0.5) is 15.9 Å². The number of carbonyl (C=O) groups is 1. The van der Waals surface area contributed by atoms with Crippen LogP contribution in [0.15, 0.2) is 30.5 Å². The summed E-state index contributed by atoms with van der Waals surface area (Å²) in [5.74, 6) is 0.744. The summed E-state index contributed by atoms with van der Waals surface area (Å²) in [6.07, 6.45) is 4.23. The van der Waals surface area contributed by atoms with Crippen LogP contribution in [0.2, 0.25) is 0 Å². The molecule has 1 atom stereocenters. The lowest BCUT2D eigenvalue weighted by atomic mass is 10.0. The van der Waals surface area contributed by atoms with Crippen molar-refractivity contribution in [2.45, 2.75) is 32.2 Å². The third kappa shape index (κ3) is 3.81. The molecule has 0 unspecified atom stereocenters. The first-order valence-corrected chi connectivity index (χ1v) is 12.2. The van der Waals surface area contributed by atoms with Crippen LogP contribution in [-0.2, 0) is 11.2 Å². The summed E-state index contributed by atoms with van der Waals surface area (Å²) in [7, 11) is 1.78. The minimum absolute atomic E-state index is 0.00404. The predicted molar refractivity (Wildman–Crippen MR) is 134 cm³/mol. The molecule has 2 aliphatic carbocycles. The topological polar surface area (TPSA) is 118 Å². The zero-order valence-corrected chi connectivity index (χ0v) is 20.3. The highest BCUT2D eigenvalue weighted by atomic mass is 19.1. The molecular formula is C26H28FN7O2. The second kappa shape index (κ2) is 8.41. The quantitative estimate of drug-likeness (QED) is 0.378. The van der Waals surface area contributed by atoms with Gasteiger partial charge in [-0.15, -0.1) is 0 Å². The highest BCUT2D eigenvalue weighted by Gasteiger charge is 2.56. The summed E-state index contributed by atoms with van der Waals surface area (Å²) in [5.41, 5.74) is 10.5. The van der Waals surface area contributed by atoms with Crippen molar-refractivity contribution in [2.75, 3.05) is 36.9 Å². The Labute approximate surface area is 208 Å². The van der Waals surface area contributed by atoms with E-state index in [1.54, 1.807) is 19.3 Å². The van der Waals surface area contributed by atoms with Crippen LogP contribution in [0.3, 0.4) is 0 Å². The largest absolute Gasteiger partial charge is 0.423 e. The SMILES string of the molecule is CNc1cc(F)cc2c1Cc1nc(Oc3ccc(C)nc3)nc(N3C[C@@H](NC(=O)CN)C4(CC4)C3)c1-2. The molecular weight excluding hydrogens is 461 g/mol. The minimum Gasteiger partial charge on any atom is -0.423 e. The Balaban J connectivity index is 1.44. The number of nitrogens with one attached hydrogen (secondary N) is 2. The molecule has 0 radical (unpaired) electrons. The minimum atomic E-state index is -0.323. The lowest BCUT2D eigenvalue weighted by Crippen LogP contribution is -2.44. The van der Waals surface area contributed by atoms with Gasteiger partial charge in [0.15, 0.2) is 0 Å². The molecule has 1 saturated carbocycles. The van der Waals surface area contributed by atoms with Gasteiger partial charge in [-0.2, -0.15) is 9.97 Å². The Kier molecular flexibility index (Phi) is 5.29. The maximum Gasteiger partial charge on any atom is 0.324 e. The van der Waals surface area contributed by atoms with E-state index in [9.17, 15) is 9.18 Å². The molecule has 1 amide bonds. The molecule has 36 heavy (non-hydrogen) atoms. The lowest BCUT2D eigenvalue weighted by molar-refractivity contribution is -0.120. The van der Waals surface area contributed by atoms with Crippen molar-refractivity contribution < 1.29 is 13.9 Å². The smallest absolute Gasteiger partial charge is 0.324 e. The number of hydrogen-bond donors (Lipinski definition) is 3. The summed E-state index contributed by atoms with van der Waals surface area (Å²) < 4.78 is 20.6. The third-order valence-corrected chi connectivity index (χ3v) is 7.50. The van der Waals surface area contributed by atoms with Crippen molar-refractivity contribution in [3.05, 3.63) is 53.2 Å². The maximum atomic E-state index is 14.6. The molecule has 3 heterocycles. The molecule has 2 fully saturated rings. The van der Waals surface area contributed by atoms with Gasteiger partial charge in [0.05, 0.1) is 24.5 Å². The lowest BCUT2D eigenvalue weighted by Gasteiger charge is -2.22. The van der Waals surface area contributed by atoms with Crippen LogP contribution in [0, 0.1) is 18.2 Å². The molecule has 1 aliphatic heterocycles. The first-order chi connectivity index (χ1) is 17.4. The van der Waals surface area contributed by atoms with Crippen molar-refractivity contribution in [3.63, 3.8) is 0 Å². The second-order valence-electron chi connectivity index (χ2n) is 9.86. The van der Waals surface area contributed by atoms with Gasteiger partial charge in [0.2, 0.25) is 5.91 Å². The fourth-order valence-corrected chi connectivity index (χ4v) is 5.46. The van der Waals surface area contributed by atoms with E-state index in [-0.39, 0.29) is 35.7 Å². The van der Waals surface area contributed by atoms with Crippen LogP contribution in [0.25, 0.3) is 11.1 Å². The average molecular weight is 490 g/mol. The Hall–Kier alpha value is -3.79. The van der Waals surface area contributed by atoms with Gasteiger partial charge in [0.25, 0.3) is 0 Å². The van der Waals surface area contributed by atoms with E-state index in [4.69, 9.17) is 20.4 Å². The molecule has 10 heteroatoms. The molecule has 6 rings (SSSR count). The van der Waals surface area contributed by atoms with Crippen LogP contribution in [0.1, 0.15) is 29.8 Å². The maximum absolute atomic E-state index is 14.6. The fraction of sp³-hybridized carbons (Fsp3) is 0.385. The Bertz CT molecular complexity index is 1360. The molecule has 186 valence electrons. The van der Waals surface area contributed by atoms with E-state index in [1.165, 1.54) is 6.07 Å². The Morgan fingerprint density at radius 1 is 1.31 bits per heavy atom. The number of carbonyl (C=O) groups excluding carboxylic acids is 1. The van der Waals surface area contributed by atoms with Gasteiger partial charge in [0.1, 0.15) is 17.4 Å². The zero-order valence-electron chi connectivity index (χ0n) is 20.3. The number of nitrogens with two attached hydrogens (primary N) is 1. The molecule has 0 bridgehead atoms. The summed E-state index contributed by atoms with van der Waals surface area (Å²) in [6.45, 7) is 3.19. The van der Waals surface area contributed by atoms with E-state index in [0.29, 0.717) is 24.5 Å². The molecule has 1 spiro atoms. The first kappa shape index (κ1) is 22.7. The molecule has 3 aliphatic rings. The summed E-state index contributed by atoms with van der Waals surface area (Å²) in [6, 6.07) is 6.94. The summed E-state index contributed by atoms with van der Waals surface area (Å²) in [5, 5.41) is 6.21. The van der Waals surface area contributed by atoms with Gasteiger partial charge in [-0.05, 0) is 55.2 Å². The third-order valence-electron chi connectivity index (χ3n) is 7.50. The van der Waals surface area contributed by atoms with E-state index in [2.05, 4.69) is 20.5 Å². The van der Waals surface area contributed by atoms with E-state index >= 15 is 0 Å². The number of fused-ring (bicyclic) bond motifs is 3. The molecule has 3 aromatic rings. The number of halogens is 1. The van der Waals surface area contributed by atoms with Gasteiger partial charge in [-0.1, -0.05) is 0 Å². The molecule has 1 aromatic carbocycles. The molecule has 9 nitrogen and oxygen atoms in total. The number of amides is 1. The van der Waals surface area contributed by atoms with Crippen LogP contribution in [0.5, 0.6) is 11.8 Å². The number of anilines is 2. The number of aryl methyl sites for hydroxylation is 1. The number of nitrogens with zero attached hydrogens (tertiary/aromatic N) is 4. The Morgan fingerprint density at radius 2 is 2.14 bits per heavy atom. The average Bonchev–Trinajstić information content (AvgIpc) is 3.43. The highest BCUT2D eigenvalue weighted by Crippen LogP contribution is 2.55. The van der Waals surface area contributed by atoms with Crippen molar-refractivity contribution in [3.8, 4) is 22.9 Å². The fourth-order valence-electron chi connectivity index (χ4n) is 5.46. The van der Waals surface area contributed by atoms with Crippen LogP contribution >= 0.6 is 0 Å². The Morgan fingerprint density at radius 3 is 2.83 bits per heavy atom. The normalized spacial score (nSPS) is 18.7. The molecule has 1 saturated heterocycles. The molecule has 2 aromatic heterocycles. The highest BCUT2D eigenvalue weighted by molar-refractivity contribution is 5.88. The predicted octanol–water partition coefficient (Wildman–Crippen LogP) is 2.77. The number of hydrogen-bond acceptors (Lipinski definition) is 8. The van der Waals surface area contributed by atoms with Gasteiger partial charge in [-0.3, -0.25) is 9.78 Å². The van der Waals surface area contributed by atoms with Gasteiger partial charge >= 0.3 is 6.01 Å². The number of rotatable bonds is 6. The van der Waals surface area contributed by atoms with E-state index < -0.39 is 0 Å². The van der Waals surface area contributed by atoms with Crippen molar-refractivity contribution in [1.29, 1.82) is 0 Å². The van der Waals surface area contributed by atoms with Crippen LogP contribution < -0.4 is 26.0 Å². The molecule has 4 N–H and O–H groups in total. The standard InChI is InChI=1S/C26H28FN7O2/c1-14-3-4-16(11-30-14)36-25-31-20-9-17-18(7-15(27)8-19(17)29-2)23(20)24(33-25)34-12-21(32-22(35)10-28)26(13-34)5-6-26/h3-4,7-8,11,21,29H,5-6,9-10,12-13,28H2,1-2H3,(H,32,35)/t21-/m1/s1. The van der Waals surface area contributed by atoms with Crippen molar-refractivity contribution >= 4 is 17.4 Å².